The number of ether oxygens (including phenoxy) is 2. The zero-order valence-electron chi connectivity index (χ0n) is 14.1. The molecule has 0 bridgehead atoms. The number of hydrogen-bond donors (Lipinski definition) is 1. The van der Waals surface area contributed by atoms with Crippen LogP contribution in [-0.2, 0) is 22.6 Å². The first kappa shape index (κ1) is 17.5. The molecule has 0 fully saturated rings. The molecule has 3 heterocycles. The van der Waals surface area contributed by atoms with Gasteiger partial charge in [0.05, 0.1) is 19.8 Å². The molecule has 0 aromatic carbocycles. The van der Waals surface area contributed by atoms with Crippen molar-refractivity contribution in [3.8, 4) is 0 Å². The van der Waals surface area contributed by atoms with E-state index in [2.05, 4.69) is 25.4 Å². The van der Waals surface area contributed by atoms with Crippen LogP contribution in [0.25, 0.3) is 11.0 Å². The van der Waals surface area contributed by atoms with Gasteiger partial charge in [0.25, 0.3) is 0 Å². The maximum atomic E-state index is 6.11. The Morgan fingerprint density at radius 2 is 2.16 bits per heavy atom. The molecule has 0 aliphatic carbocycles. The third-order valence-electron chi connectivity index (χ3n) is 3.47. The van der Waals surface area contributed by atoms with Crippen LogP contribution in [0.4, 0.5) is 11.6 Å². The molecule has 1 N–H and O–H groups in total. The summed E-state index contributed by atoms with van der Waals surface area (Å²) in [5.41, 5.74) is 2.08. The Bertz CT molecular complexity index is 840. The summed E-state index contributed by atoms with van der Waals surface area (Å²) < 4.78 is 12.5. The normalized spacial score (nSPS) is 11.2. The number of aromatic nitrogens is 5. The van der Waals surface area contributed by atoms with Crippen LogP contribution in [0.3, 0.4) is 0 Å². The van der Waals surface area contributed by atoms with Crippen molar-refractivity contribution in [3.05, 3.63) is 35.4 Å². The van der Waals surface area contributed by atoms with Crippen LogP contribution in [0.5, 0.6) is 0 Å². The van der Waals surface area contributed by atoms with Gasteiger partial charge in [-0.25, -0.2) is 9.97 Å². The van der Waals surface area contributed by atoms with E-state index in [4.69, 9.17) is 21.1 Å². The minimum Gasteiger partial charge on any atom is -0.380 e. The Morgan fingerprint density at radius 1 is 1.28 bits per heavy atom. The number of pyridine rings is 1. The monoisotopic (exact) mass is 362 g/mol. The molecule has 0 radical (unpaired) electrons. The summed E-state index contributed by atoms with van der Waals surface area (Å²) in [6, 6.07) is 5.58. The second-order valence-electron chi connectivity index (χ2n) is 5.18. The zero-order valence-corrected chi connectivity index (χ0v) is 14.8. The highest BCUT2D eigenvalue weighted by Crippen LogP contribution is 2.27. The summed E-state index contributed by atoms with van der Waals surface area (Å²) in [7, 11) is 1.61. The molecule has 132 valence electrons. The molecule has 25 heavy (non-hydrogen) atoms. The smallest absolute Gasteiger partial charge is 0.225 e. The molecule has 0 saturated carbocycles. The van der Waals surface area contributed by atoms with Crippen molar-refractivity contribution in [1.29, 1.82) is 0 Å². The second kappa shape index (κ2) is 8.19. The fraction of sp³-hybridized carbons (Fsp3) is 0.375. The van der Waals surface area contributed by atoms with Gasteiger partial charge in [0.1, 0.15) is 22.5 Å². The van der Waals surface area contributed by atoms with Crippen LogP contribution in [0, 0.1) is 0 Å². The lowest BCUT2D eigenvalue weighted by Gasteiger charge is -2.09. The van der Waals surface area contributed by atoms with Crippen LogP contribution >= 0.6 is 11.6 Å². The van der Waals surface area contributed by atoms with Crippen molar-refractivity contribution < 1.29 is 9.47 Å². The molecule has 3 aromatic rings. The largest absolute Gasteiger partial charge is 0.380 e. The Labute approximate surface area is 150 Å². The van der Waals surface area contributed by atoms with Crippen molar-refractivity contribution in [1.82, 2.24) is 24.7 Å². The molecule has 0 atom stereocenters. The minimum atomic E-state index is 0.132. The van der Waals surface area contributed by atoms with Gasteiger partial charge in [0.2, 0.25) is 5.28 Å². The third kappa shape index (κ3) is 4.04. The van der Waals surface area contributed by atoms with Crippen LogP contribution in [0.1, 0.15) is 12.6 Å². The molecule has 0 aliphatic rings. The maximum Gasteiger partial charge on any atom is 0.225 e. The SMILES string of the molecule is CCOCCn1nc(COC)c2nc(Cl)nc(Nc3ccccn3)c21. The molecule has 0 unspecified atom stereocenters. The lowest BCUT2D eigenvalue weighted by atomic mass is 10.3. The van der Waals surface area contributed by atoms with E-state index in [-0.39, 0.29) is 5.28 Å². The minimum absolute atomic E-state index is 0.132. The van der Waals surface area contributed by atoms with E-state index in [1.807, 2.05) is 25.1 Å². The second-order valence-corrected chi connectivity index (χ2v) is 5.52. The molecular weight excluding hydrogens is 344 g/mol. The quantitative estimate of drug-likeness (QED) is 0.487. The highest BCUT2D eigenvalue weighted by atomic mass is 35.5. The van der Waals surface area contributed by atoms with Gasteiger partial charge in [-0.05, 0) is 30.7 Å². The van der Waals surface area contributed by atoms with Crippen LogP contribution < -0.4 is 5.32 Å². The molecule has 0 amide bonds. The van der Waals surface area contributed by atoms with Crippen molar-refractivity contribution in [3.63, 3.8) is 0 Å². The number of nitrogens with one attached hydrogen (secondary N) is 1. The fourth-order valence-corrected chi connectivity index (χ4v) is 2.62. The number of fused-ring (bicyclic) bond motifs is 1. The predicted molar refractivity (Wildman–Crippen MR) is 95.1 cm³/mol. The standard InChI is InChI=1S/C16H19ClN6O2/c1-3-25-9-8-23-14-13(11(22-23)10-24-2)20-16(17)21-15(14)19-12-6-4-5-7-18-12/h4-7H,3,8-10H2,1-2H3,(H,18,19,20,21). The summed E-state index contributed by atoms with van der Waals surface area (Å²) in [6.45, 7) is 4.02. The van der Waals surface area contributed by atoms with Gasteiger partial charge in [-0.3, -0.25) is 4.68 Å². The third-order valence-corrected chi connectivity index (χ3v) is 3.64. The average Bonchev–Trinajstić information content (AvgIpc) is 2.94. The molecule has 0 aliphatic heterocycles. The first-order valence-corrected chi connectivity index (χ1v) is 8.28. The summed E-state index contributed by atoms with van der Waals surface area (Å²) in [5, 5.41) is 7.90. The Morgan fingerprint density at radius 3 is 2.88 bits per heavy atom. The lowest BCUT2D eigenvalue weighted by Crippen LogP contribution is -2.09. The van der Waals surface area contributed by atoms with Crippen LogP contribution in [-0.4, -0.2) is 45.1 Å². The van der Waals surface area contributed by atoms with Crippen LogP contribution in [0.15, 0.2) is 24.4 Å². The van der Waals surface area contributed by atoms with E-state index < -0.39 is 0 Å². The summed E-state index contributed by atoms with van der Waals surface area (Å²) in [5.74, 6) is 1.20. The number of nitrogens with zero attached hydrogens (tertiary/aromatic N) is 5. The Balaban J connectivity index is 2.07. The highest BCUT2D eigenvalue weighted by molar-refractivity contribution is 6.28. The highest BCUT2D eigenvalue weighted by Gasteiger charge is 2.18. The van der Waals surface area contributed by atoms with E-state index in [0.717, 1.165) is 5.52 Å². The average molecular weight is 363 g/mol. The molecule has 8 nitrogen and oxygen atoms in total. The van der Waals surface area contributed by atoms with Gasteiger partial charge in [0.15, 0.2) is 5.82 Å². The number of rotatable bonds is 8. The molecule has 9 heteroatoms. The molecular formula is C16H19ClN6O2. The first-order chi connectivity index (χ1) is 12.2. The van der Waals surface area contributed by atoms with Crippen molar-refractivity contribution >= 4 is 34.3 Å². The number of hydrogen-bond acceptors (Lipinski definition) is 7. The van der Waals surface area contributed by atoms with Gasteiger partial charge in [-0.2, -0.15) is 10.1 Å². The number of methoxy groups -OCH3 is 1. The van der Waals surface area contributed by atoms with Gasteiger partial charge >= 0.3 is 0 Å². The van der Waals surface area contributed by atoms with Crippen LogP contribution in [0.2, 0.25) is 5.28 Å². The van der Waals surface area contributed by atoms with E-state index in [1.165, 1.54) is 0 Å². The predicted octanol–water partition coefficient (Wildman–Crippen LogP) is 2.80. The van der Waals surface area contributed by atoms with E-state index in [9.17, 15) is 0 Å². The molecule has 3 aromatic heterocycles. The zero-order chi connectivity index (χ0) is 17.6. The Kier molecular flexibility index (Phi) is 5.75. The van der Waals surface area contributed by atoms with Gasteiger partial charge in [-0.1, -0.05) is 6.07 Å². The maximum absolute atomic E-state index is 6.11. The lowest BCUT2D eigenvalue weighted by molar-refractivity contribution is 0.136. The van der Waals surface area contributed by atoms with Gasteiger partial charge in [0, 0.05) is 19.9 Å². The van der Waals surface area contributed by atoms with Crippen molar-refractivity contribution in [2.75, 3.05) is 25.6 Å². The summed E-state index contributed by atoms with van der Waals surface area (Å²) in [6.07, 6.45) is 1.70. The first-order valence-electron chi connectivity index (χ1n) is 7.90. The Hall–Kier alpha value is -2.29. The molecule has 0 spiro atoms. The van der Waals surface area contributed by atoms with Crippen molar-refractivity contribution in [2.24, 2.45) is 0 Å². The molecule has 0 saturated heterocycles. The number of halogens is 1. The fourth-order valence-electron chi connectivity index (χ4n) is 2.45. The van der Waals surface area contributed by atoms with E-state index in [1.54, 1.807) is 18.0 Å². The van der Waals surface area contributed by atoms with Crippen molar-refractivity contribution in [2.45, 2.75) is 20.1 Å². The van der Waals surface area contributed by atoms with Gasteiger partial charge in [-0.15, -0.1) is 0 Å². The van der Waals surface area contributed by atoms with E-state index >= 15 is 0 Å². The van der Waals surface area contributed by atoms with Gasteiger partial charge < -0.3 is 14.8 Å². The summed E-state index contributed by atoms with van der Waals surface area (Å²) in [4.78, 5) is 12.9. The topological polar surface area (TPSA) is 87.0 Å². The number of anilines is 2. The summed E-state index contributed by atoms with van der Waals surface area (Å²) >= 11 is 6.11. The van der Waals surface area contributed by atoms with E-state index in [0.29, 0.717) is 49.2 Å². The molecule has 3 rings (SSSR count).